The van der Waals surface area contributed by atoms with E-state index >= 15 is 0 Å². The lowest BCUT2D eigenvalue weighted by molar-refractivity contribution is -0.111. The van der Waals surface area contributed by atoms with Crippen molar-refractivity contribution in [3.8, 4) is 17.2 Å². The molecule has 2 N–H and O–H groups in total. The van der Waals surface area contributed by atoms with Crippen molar-refractivity contribution in [2.24, 2.45) is 7.05 Å². The topological polar surface area (TPSA) is 99.8 Å². The van der Waals surface area contributed by atoms with E-state index in [-0.39, 0.29) is 17.0 Å². The molecule has 0 bridgehead atoms. The SMILES string of the molecule is Cn1ncc2c(-c3cccc(NC(=O)c4ccc(NC(=O)C=CCCl)c(C#N)c4)c3)c(Cl)ccc21. The maximum atomic E-state index is 12.9. The quantitative estimate of drug-likeness (QED) is 0.258. The van der Waals surface area contributed by atoms with E-state index in [4.69, 9.17) is 23.2 Å². The number of hydrogen-bond donors (Lipinski definition) is 2. The minimum Gasteiger partial charge on any atom is -0.322 e. The molecule has 1 heterocycles. The zero-order chi connectivity index (χ0) is 24.9. The number of hydrogen-bond acceptors (Lipinski definition) is 4. The van der Waals surface area contributed by atoms with Crippen molar-refractivity contribution in [2.45, 2.75) is 0 Å². The molecule has 4 aromatic rings. The molecule has 1 aromatic heterocycles. The minimum absolute atomic E-state index is 0.161. The number of anilines is 2. The Balaban J connectivity index is 1.59. The highest BCUT2D eigenvalue weighted by molar-refractivity contribution is 6.35. The lowest BCUT2D eigenvalue weighted by Crippen LogP contribution is -2.14. The van der Waals surface area contributed by atoms with E-state index in [2.05, 4.69) is 15.7 Å². The summed E-state index contributed by atoms with van der Waals surface area (Å²) in [4.78, 5) is 24.8. The van der Waals surface area contributed by atoms with Gasteiger partial charge in [-0.25, -0.2) is 0 Å². The summed E-state index contributed by atoms with van der Waals surface area (Å²) in [5.74, 6) is -0.620. The molecule has 0 aliphatic carbocycles. The van der Waals surface area contributed by atoms with Crippen molar-refractivity contribution >= 4 is 57.3 Å². The van der Waals surface area contributed by atoms with Gasteiger partial charge in [0.15, 0.2) is 0 Å². The van der Waals surface area contributed by atoms with Crippen LogP contribution in [0.1, 0.15) is 15.9 Å². The van der Waals surface area contributed by atoms with Gasteiger partial charge in [0.2, 0.25) is 5.91 Å². The van der Waals surface area contributed by atoms with Crippen LogP contribution in [0.15, 0.2) is 72.9 Å². The molecule has 7 nitrogen and oxygen atoms in total. The molecule has 0 saturated heterocycles. The highest BCUT2D eigenvalue weighted by Crippen LogP contribution is 2.36. The number of carbonyl (C=O) groups excluding carboxylic acids is 2. The van der Waals surface area contributed by atoms with E-state index in [0.717, 1.165) is 22.0 Å². The van der Waals surface area contributed by atoms with E-state index in [1.165, 1.54) is 30.4 Å². The zero-order valence-electron chi connectivity index (χ0n) is 18.5. The number of carbonyl (C=O) groups is 2. The minimum atomic E-state index is -0.418. The third-order valence-electron chi connectivity index (χ3n) is 5.31. The predicted molar refractivity (Wildman–Crippen MR) is 139 cm³/mol. The summed E-state index contributed by atoms with van der Waals surface area (Å²) < 4.78 is 1.77. The van der Waals surface area contributed by atoms with Crippen LogP contribution in [0.25, 0.3) is 22.0 Å². The van der Waals surface area contributed by atoms with Gasteiger partial charge >= 0.3 is 0 Å². The summed E-state index contributed by atoms with van der Waals surface area (Å²) in [6.07, 6.45) is 4.53. The standard InChI is InChI=1S/C26H19Cl2N5O2/c1-33-23-10-8-21(28)25(20(23)15-30-33)16-4-2-5-19(13-16)31-26(35)17-7-9-22(18(12-17)14-29)32-24(34)6-3-11-27/h2-10,12-13,15H,11H2,1H3,(H,31,35)(H,32,34). The van der Waals surface area contributed by atoms with Gasteiger partial charge in [-0.3, -0.25) is 14.3 Å². The van der Waals surface area contributed by atoms with E-state index < -0.39 is 11.8 Å². The summed E-state index contributed by atoms with van der Waals surface area (Å²) in [5.41, 5.74) is 3.88. The summed E-state index contributed by atoms with van der Waals surface area (Å²) in [6, 6.07) is 17.5. The zero-order valence-corrected chi connectivity index (χ0v) is 20.1. The monoisotopic (exact) mass is 503 g/mol. The van der Waals surface area contributed by atoms with Gasteiger partial charge < -0.3 is 10.6 Å². The molecule has 9 heteroatoms. The Morgan fingerprint density at radius 2 is 1.97 bits per heavy atom. The Morgan fingerprint density at radius 3 is 2.74 bits per heavy atom. The lowest BCUT2D eigenvalue weighted by atomic mass is 10.0. The molecule has 0 fully saturated rings. The van der Waals surface area contributed by atoms with Crippen LogP contribution in [0, 0.1) is 11.3 Å². The number of alkyl halides is 1. The van der Waals surface area contributed by atoms with Gasteiger partial charge in [0, 0.05) is 46.2 Å². The third kappa shape index (κ3) is 5.19. The number of nitrogens with one attached hydrogen (secondary N) is 2. The van der Waals surface area contributed by atoms with Crippen molar-refractivity contribution < 1.29 is 9.59 Å². The van der Waals surface area contributed by atoms with Gasteiger partial charge in [-0.15, -0.1) is 11.6 Å². The van der Waals surface area contributed by atoms with Crippen molar-refractivity contribution in [1.82, 2.24) is 9.78 Å². The second kappa shape index (κ2) is 10.4. The number of allylic oxidation sites excluding steroid dienone is 1. The van der Waals surface area contributed by atoms with Gasteiger partial charge in [0.05, 0.1) is 23.0 Å². The number of aromatic nitrogens is 2. The summed E-state index contributed by atoms with van der Waals surface area (Å²) >= 11 is 12.1. The number of rotatable bonds is 6. The van der Waals surface area contributed by atoms with Gasteiger partial charge in [-0.05, 0) is 48.0 Å². The van der Waals surface area contributed by atoms with Crippen LogP contribution in [-0.2, 0) is 11.8 Å². The number of benzene rings is 3. The molecular formula is C26H19Cl2N5O2. The predicted octanol–water partition coefficient (Wildman–Crippen LogP) is 5.75. The average Bonchev–Trinajstić information content (AvgIpc) is 3.23. The van der Waals surface area contributed by atoms with Crippen LogP contribution in [0.2, 0.25) is 5.02 Å². The molecule has 35 heavy (non-hydrogen) atoms. The fourth-order valence-electron chi connectivity index (χ4n) is 3.66. The number of nitriles is 1. The summed E-state index contributed by atoms with van der Waals surface area (Å²) in [5, 5.41) is 20.7. The number of fused-ring (bicyclic) bond motifs is 1. The molecular weight excluding hydrogens is 485 g/mol. The molecule has 2 amide bonds. The third-order valence-corrected chi connectivity index (χ3v) is 5.80. The first kappa shape index (κ1) is 24.0. The van der Waals surface area contributed by atoms with Crippen molar-refractivity contribution in [1.29, 1.82) is 5.26 Å². The van der Waals surface area contributed by atoms with Crippen molar-refractivity contribution in [3.63, 3.8) is 0 Å². The summed E-state index contributed by atoms with van der Waals surface area (Å²) in [6.45, 7) is 0. The molecule has 3 aromatic carbocycles. The first-order chi connectivity index (χ1) is 16.9. The number of halogens is 2. The van der Waals surface area contributed by atoms with Crippen LogP contribution < -0.4 is 10.6 Å². The van der Waals surface area contributed by atoms with Gasteiger partial charge in [0.25, 0.3) is 5.91 Å². The molecule has 0 saturated carbocycles. The molecule has 4 rings (SSSR count). The Bertz CT molecular complexity index is 1520. The van der Waals surface area contributed by atoms with Crippen LogP contribution in [0.5, 0.6) is 0 Å². The fourth-order valence-corrected chi connectivity index (χ4v) is 4.03. The first-order valence-corrected chi connectivity index (χ1v) is 11.4. The fraction of sp³-hybridized carbons (Fsp3) is 0.0769. The molecule has 0 spiro atoms. The largest absolute Gasteiger partial charge is 0.322 e. The van der Waals surface area contributed by atoms with Gasteiger partial charge in [0.1, 0.15) is 6.07 Å². The number of amides is 2. The smallest absolute Gasteiger partial charge is 0.255 e. The Labute approximate surface area is 211 Å². The summed E-state index contributed by atoms with van der Waals surface area (Å²) in [7, 11) is 1.86. The van der Waals surface area contributed by atoms with Crippen molar-refractivity contribution in [3.05, 3.63) is 89.1 Å². The maximum absolute atomic E-state index is 12.9. The number of aryl methyl sites for hydroxylation is 1. The van der Waals surface area contributed by atoms with Crippen LogP contribution in [-0.4, -0.2) is 27.5 Å². The first-order valence-electron chi connectivity index (χ1n) is 10.5. The molecule has 0 unspecified atom stereocenters. The van der Waals surface area contributed by atoms with E-state index in [1.807, 2.05) is 43.4 Å². The van der Waals surface area contributed by atoms with Gasteiger partial charge in [-0.2, -0.15) is 10.4 Å². The second-order valence-corrected chi connectivity index (χ2v) is 8.29. The molecule has 0 aliphatic heterocycles. The van der Waals surface area contributed by atoms with E-state index in [9.17, 15) is 14.9 Å². The van der Waals surface area contributed by atoms with Gasteiger partial charge in [-0.1, -0.05) is 29.8 Å². The molecule has 174 valence electrons. The Kier molecular flexibility index (Phi) is 7.16. The average molecular weight is 504 g/mol. The Morgan fingerprint density at radius 1 is 1.14 bits per heavy atom. The maximum Gasteiger partial charge on any atom is 0.255 e. The lowest BCUT2D eigenvalue weighted by Gasteiger charge is -2.11. The van der Waals surface area contributed by atoms with Crippen LogP contribution in [0.4, 0.5) is 11.4 Å². The van der Waals surface area contributed by atoms with E-state index in [0.29, 0.717) is 16.4 Å². The highest BCUT2D eigenvalue weighted by Gasteiger charge is 2.14. The second-order valence-electron chi connectivity index (χ2n) is 7.58. The van der Waals surface area contributed by atoms with Crippen LogP contribution in [0.3, 0.4) is 0 Å². The molecule has 0 radical (unpaired) electrons. The molecule has 0 atom stereocenters. The van der Waals surface area contributed by atoms with E-state index in [1.54, 1.807) is 16.9 Å². The van der Waals surface area contributed by atoms with Crippen LogP contribution >= 0.6 is 23.2 Å². The highest BCUT2D eigenvalue weighted by atomic mass is 35.5. The van der Waals surface area contributed by atoms with Crippen molar-refractivity contribution in [2.75, 3.05) is 16.5 Å². The number of nitrogens with zero attached hydrogens (tertiary/aromatic N) is 3. The molecule has 0 aliphatic rings. The normalized spacial score (nSPS) is 10.9. The Hall–Kier alpha value is -4.12.